The zero-order valence-corrected chi connectivity index (χ0v) is 15.6. The van der Waals surface area contributed by atoms with Crippen LogP contribution in [0.1, 0.15) is 18.1 Å². The molecular weight excluding hydrogens is 365 g/mol. The molecule has 2 rings (SSSR count). The van der Waals surface area contributed by atoms with Gasteiger partial charge in [0.1, 0.15) is 11.6 Å². The summed E-state index contributed by atoms with van der Waals surface area (Å²) in [6, 6.07) is 11.2. The Balaban J connectivity index is 2.22. The largest absolute Gasteiger partial charge is 0.312 e. The van der Waals surface area contributed by atoms with Gasteiger partial charge in [0.15, 0.2) is 9.84 Å². The monoisotopic (exact) mass is 383 g/mol. The topological polar surface area (TPSA) is 54.5 Å². The summed E-state index contributed by atoms with van der Waals surface area (Å²) in [5, 5.41) is 0.0299. The molecule has 134 valence electrons. The Morgan fingerprint density at radius 3 is 2.44 bits per heavy atom. The second-order valence-corrected chi connectivity index (χ2v) is 8.13. The van der Waals surface area contributed by atoms with Gasteiger partial charge in [0, 0.05) is 22.8 Å². The third-order valence-electron chi connectivity index (χ3n) is 3.79. The zero-order chi connectivity index (χ0) is 18.6. The second-order valence-electron chi connectivity index (χ2n) is 5.66. The van der Waals surface area contributed by atoms with Gasteiger partial charge in [-0.2, -0.15) is 0 Å². The lowest BCUT2D eigenvalue weighted by Crippen LogP contribution is -2.36. The fourth-order valence-corrected chi connectivity index (χ4v) is 4.23. The van der Waals surface area contributed by atoms with E-state index in [0.717, 1.165) is 11.6 Å². The Morgan fingerprint density at radius 2 is 1.84 bits per heavy atom. The van der Waals surface area contributed by atoms with Crippen molar-refractivity contribution in [2.75, 3.05) is 17.2 Å². The maximum Gasteiger partial charge on any atom is 0.242 e. The molecule has 0 aliphatic rings. The van der Waals surface area contributed by atoms with E-state index in [1.54, 1.807) is 19.1 Å². The average molecular weight is 384 g/mol. The van der Waals surface area contributed by atoms with Gasteiger partial charge in [-0.3, -0.25) is 4.79 Å². The molecule has 2 aromatic carbocycles. The Morgan fingerprint density at radius 1 is 1.16 bits per heavy atom. The molecule has 7 heteroatoms. The number of anilines is 1. The van der Waals surface area contributed by atoms with Crippen molar-refractivity contribution in [3.8, 4) is 0 Å². The smallest absolute Gasteiger partial charge is 0.242 e. The van der Waals surface area contributed by atoms with Gasteiger partial charge in [-0.15, -0.1) is 0 Å². The number of nitrogens with zero attached hydrogens (tertiary/aromatic N) is 1. The molecule has 0 bridgehead atoms. The van der Waals surface area contributed by atoms with E-state index in [-0.39, 0.29) is 10.6 Å². The highest BCUT2D eigenvalue weighted by Crippen LogP contribution is 2.23. The molecule has 0 unspecified atom stereocenters. The first-order valence-corrected chi connectivity index (χ1v) is 9.94. The lowest BCUT2D eigenvalue weighted by Gasteiger charge is -2.23. The summed E-state index contributed by atoms with van der Waals surface area (Å²) >= 11 is 5.88. The number of carbonyl (C=O) groups is 1. The molecule has 0 aliphatic heterocycles. The molecule has 0 atom stereocenters. The minimum atomic E-state index is -3.87. The maximum absolute atomic E-state index is 13.8. The molecule has 0 N–H and O–H groups in total. The summed E-state index contributed by atoms with van der Waals surface area (Å²) in [6.07, 6.45) is 0. The first-order chi connectivity index (χ1) is 11.7. The van der Waals surface area contributed by atoms with E-state index in [1.807, 2.05) is 19.1 Å². The van der Waals surface area contributed by atoms with Gasteiger partial charge in [-0.1, -0.05) is 35.9 Å². The van der Waals surface area contributed by atoms with Gasteiger partial charge in [0.25, 0.3) is 0 Å². The Bertz CT molecular complexity index is 863. The van der Waals surface area contributed by atoms with Gasteiger partial charge in [0.2, 0.25) is 5.91 Å². The lowest BCUT2D eigenvalue weighted by molar-refractivity contribution is -0.116. The van der Waals surface area contributed by atoms with Gasteiger partial charge >= 0.3 is 0 Å². The molecule has 0 saturated heterocycles. The van der Waals surface area contributed by atoms with Crippen molar-refractivity contribution < 1.29 is 17.6 Å². The van der Waals surface area contributed by atoms with Crippen LogP contribution in [-0.2, 0) is 20.4 Å². The lowest BCUT2D eigenvalue weighted by atomic mass is 10.2. The first-order valence-electron chi connectivity index (χ1n) is 7.74. The molecule has 2 aromatic rings. The van der Waals surface area contributed by atoms with Crippen LogP contribution in [0.4, 0.5) is 10.1 Å². The number of benzene rings is 2. The van der Waals surface area contributed by atoms with E-state index in [1.165, 1.54) is 17.0 Å². The number of para-hydroxylation sites is 1. The number of rotatable bonds is 6. The highest BCUT2D eigenvalue weighted by atomic mass is 35.5. The minimum Gasteiger partial charge on any atom is -0.312 e. The van der Waals surface area contributed by atoms with Crippen LogP contribution in [0.15, 0.2) is 42.5 Å². The molecule has 4 nitrogen and oxygen atoms in total. The summed E-state index contributed by atoms with van der Waals surface area (Å²) in [5.41, 5.74) is 1.41. The first kappa shape index (κ1) is 19.4. The van der Waals surface area contributed by atoms with Crippen LogP contribution in [-0.4, -0.2) is 26.6 Å². The molecular formula is C18H19ClFNO3S. The predicted octanol–water partition coefficient (Wildman–Crippen LogP) is 3.76. The zero-order valence-electron chi connectivity index (χ0n) is 14.0. The normalized spacial score (nSPS) is 11.4. The summed E-state index contributed by atoms with van der Waals surface area (Å²) < 4.78 is 38.6. The van der Waals surface area contributed by atoms with Crippen LogP contribution in [0.25, 0.3) is 0 Å². The number of aryl methyl sites for hydroxylation is 1. The van der Waals surface area contributed by atoms with E-state index in [2.05, 4.69) is 0 Å². The molecule has 0 heterocycles. The molecule has 0 saturated carbocycles. The molecule has 25 heavy (non-hydrogen) atoms. The summed E-state index contributed by atoms with van der Waals surface area (Å²) in [4.78, 5) is 13.9. The fourth-order valence-electron chi connectivity index (χ4n) is 2.55. The van der Waals surface area contributed by atoms with Crippen LogP contribution in [0.5, 0.6) is 0 Å². The van der Waals surface area contributed by atoms with Crippen LogP contribution in [0.2, 0.25) is 5.02 Å². The van der Waals surface area contributed by atoms with Gasteiger partial charge < -0.3 is 4.90 Å². The van der Waals surface area contributed by atoms with Crippen LogP contribution < -0.4 is 4.90 Å². The van der Waals surface area contributed by atoms with Crippen LogP contribution in [0, 0.1) is 12.7 Å². The highest BCUT2D eigenvalue weighted by molar-refractivity contribution is 7.91. The maximum atomic E-state index is 13.8. The van der Waals surface area contributed by atoms with Crippen molar-refractivity contribution in [1.29, 1.82) is 0 Å². The van der Waals surface area contributed by atoms with Crippen LogP contribution >= 0.6 is 11.6 Å². The number of hydrogen-bond acceptors (Lipinski definition) is 3. The molecule has 0 radical (unpaired) electrons. The SMILES string of the molecule is CCN(C(=O)CS(=O)(=O)Cc1c(F)cccc1Cl)c1ccccc1C. The number of sulfone groups is 1. The fraction of sp³-hybridized carbons (Fsp3) is 0.278. The van der Waals surface area contributed by atoms with Crippen molar-refractivity contribution >= 4 is 33.0 Å². The predicted molar refractivity (Wildman–Crippen MR) is 98.1 cm³/mol. The van der Waals surface area contributed by atoms with E-state index in [9.17, 15) is 17.6 Å². The minimum absolute atomic E-state index is 0.0299. The Hall–Kier alpha value is -1.92. The third-order valence-corrected chi connectivity index (χ3v) is 5.56. The number of halogens is 2. The van der Waals surface area contributed by atoms with Crippen molar-refractivity contribution in [3.05, 3.63) is 64.4 Å². The highest BCUT2D eigenvalue weighted by Gasteiger charge is 2.25. The summed E-state index contributed by atoms with van der Waals surface area (Å²) in [7, 11) is -3.87. The molecule has 0 aromatic heterocycles. The number of hydrogen-bond donors (Lipinski definition) is 0. The van der Waals surface area contributed by atoms with Gasteiger partial charge in [-0.25, -0.2) is 12.8 Å². The molecule has 0 aliphatic carbocycles. The Kier molecular flexibility index (Phi) is 6.19. The number of amides is 1. The second kappa shape index (κ2) is 7.97. The van der Waals surface area contributed by atoms with Gasteiger partial charge in [-0.05, 0) is 37.6 Å². The third kappa shape index (κ3) is 4.80. The van der Waals surface area contributed by atoms with E-state index in [4.69, 9.17) is 11.6 Å². The van der Waals surface area contributed by atoms with Gasteiger partial charge in [0.05, 0.1) is 5.75 Å². The quantitative estimate of drug-likeness (QED) is 0.763. The van der Waals surface area contributed by atoms with E-state index >= 15 is 0 Å². The van der Waals surface area contributed by atoms with Crippen molar-refractivity contribution in [1.82, 2.24) is 0 Å². The van der Waals surface area contributed by atoms with Crippen molar-refractivity contribution in [2.45, 2.75) is 19.6 Å². The van der Waals surface area contributed by atoms with Crippen molar-refractivity contribution in [3.63, 3.8) is 0 Å². The van der Waals surface area contributed by atoms with E-state index in [0.29, 0.717) is 12.2 Å². The average Bonchev–Trinajstić information content (AvgIpc) is 2.53. The van der Waals surface area contributed by atoms with Crippen molar-refractivity contribution in [2.24, 2.45) is 0 Å². The summed E-state index contributed by atoms with van der Waals surface area (Å²) in [5.74, 6) is -2.57. The summed E-state index contributed by atoms with van der Waals surface area (Å²) in [6.45, 7) is 3.95. The van der Waals surface area contributed by atoms with E-state index < -0.39 is 33.1 Å². The standard InChI is InChI=1S/C18H19ClFNO3S/c1-3-21(17-10-5-4-7-13(17)2)18(22)12-25(23,24)11-14-15(19)8-6-9-16(14)20/h4-10H,3,11-12H2,1-2H3. The Labute approximate surface area is 152 Å². The molecule has 1 amide bonds. The molecule has 0 fully saturated rings. The molecule has 0 spiro atoms. The van der Waals surface area contributed by atoms with Crippen LogP contribution in [0.3, 0.4) is 0 Å². The number of carbonyl (C=O) groups excluding carboxylic acids is 1.